The summed E-state index contributed by atoms with van der Waals surface area (Å²) in [6, 6.07) is 12.0. The van der Waals surface area contributed by atoms with E-state index in [1.54, 1.807) is 12.1 Å². The molecular weight excluding hydrogens is 536 g/mol. The van der Waals surface area contributed by atoms with Crippen LogP contribution in [-0.2, 0) is 24.7 Å². The third kappa shape index (κ3) is 4.65. The van der Waals surface area contributed by atoms with Gasteiger partial charge in [0.15, 0.2) is 0 Å². The number of halogens is 6. The lowest BCUT2D eigenvalue weighted by atomic mass is 9.80. The number of esters is 2. The zero-order valence-corrected chi connectivity index (χ0v) is 20.1. The molecular formula is C25H19F6N3O5. The number of rotatable bonds is 5. The third-order valence-corrected chi connectivity index (χ3v) is 5.97. The number of methoxy groups -OCH3 is 2. The summed E-state index contributed by atoms with van der Waals surface area (Å²) in [5.41, 5.74) is -4.05. The molecule has 1 atom stereocenters. The maximum absolute atomic E-state index is 13.9. The zero-order valence-electron chi connectivity index (χ0n) is 20.1. The first-order chi connectivity index (χ1) is 18.2. The molecule has 206 valence electrons. The number of nitrogens with zero attached hydrogens (tertiary/aromatic N) is 2. The van der Waals surface area contributed by atoms with Crippen LogP contribution in [0.15, 0.2) is 77.3 Å². The van der Waals surface area contributed by atoms with E-state index in [1.807, 2.05) is 0 Å². The second-order valence-corrected chi connectivity index (χ2v) is 8.06. The molecule has 0 fully saturated rings. The van der Waals surface area contributed by atoms with Crippen LogP contribution in [0.2, 0.25) is 0 Å². The minimum atomic E-state index is -6.30. The number of benzene rings is 2. The number of nitrogens with two attached hydrogens (primary N) is 1. The van der Waals surface area contributed by atoms with E-state index in [2.05, 4.69) is 0 Å². The first-order valence-electron chi connectivity index (χ1n) is 10.8. The number of hydrogen-bond donors (Lipinski definition) is 2. The molecule has 3 rings (SSSR count). The predicted octanol–water partition coefficient (Wildman–Crippen LogP) is 3.90. The fraction of sp³-hybridized carbons (Fsp3) is 0.240. The van der Waals surface area contributed by atoms with Crippen molar-refractivity contribution in [3.05, 3.63) is 88.4 Å². The maximum atomic E-state index is 13.9. The Kier molecular flexibility index (Phi) is 7.70. The van der Waals surface area contributed by atoms with Crippen molar-refractivity contribution in [3.63, 3.8) is 0 Å². The molecule has 0 saturated heterocycles. The zero-order chi connectivity index (χ0) is 29.3. The molecule has 39 heavy (non-hydrogen) atoms. The SMILES string of the molecule is COC(=O)C1=C(C(=O)OC)N(c2ccccc2C(O)(C(F)(F)F)C(F)(F)F)C(N)=C(C#N)C1c1ccccc1. The summed E-state index contributed by atoms with van der Waals surface area (Å²) in [5, 5.41) is 20.2. The van der Waals surface area contributed by atoms with Crippen molar-refractivity contribution < 1.29 is 50.5 Å². The fourth-order valence-electron chi connectivity index (χ4n) is 4.20. The summed E-state index contributed by atoms with van der Waals surface area (Å²) in [6.07, 6.45) is -12.6. The number of carbonyl (C=O) groups is 2. The van der Waals surface area contributed by atoms with Crippen LogP contribution < -0.4 is 10.6 Å². The molecule has 2 aromatic carbocycles. The molecule has 1 unspecified atom stereocenters. The molecule has 1 aliphatic rings. The van der Waals surface area contributed by atoms with E-state index in [-0.39, 0.29) is 5.56 Å². The fourth-order valence-corrected chi connectivity index (χ4v) is 4.20. The van der Waals surface area contributed by atoms with Gasteiger partial charge in [0.2, 0.25) is 0 Å². The first kappa shape index (κ1) is 29.1. The van der Waals surface area contributed by atoms with Crippen molar-refractivity contribution in [2.45, 2.75) is 23.9 Å². The van der Waals surface area contributed by atoms with E-state index in [4.69, 9.17) is 15.2 Å². The lowest BCUT2D eigenvalue weighted by Gasteiger charge is -2.39. The Balaban J connectivity index is 2.54. The quantitative estimate of drug-likeness (QED) is 0.421. The number of nitriles is 1. The smallest absolute Gasteiger partial charge is 0.430 e. The number of para-hydroxylation sites is 1. The van der Waals surface area contributed by atoms with Crippen molar-refractivity contribution in [2.24, 2.45) is 5.73 Å². The van der Waals surface area contributed by atoms with E-state index in [1.165, 1.54) is 24.3 Å². The number of carbonyl (C=O) groups excluding carboxylic acids is 2. The van der Waals surface area contributed by atoms with Gasteiger partial charge in [-0.05, 0) is 11.6 Å². The van der Waals surface area contributed by atoms with Crippen LogP contribution in [0, 0.1) is 11.3 Å². The van der Waals surface area contributed by atoms with Gasteiger partial charge in [0.1, 0.15) is 11.5 Å². The van der Waals surface area contributed by atoms with E-state index in [0.717, 1.165) is 26.4 Å². The predicted molar refractivity (Wildman–Crippen MR) is 122 cm³/mol. The minimum absolute atomic E-state index is 0.217. The topological polar surface area (TPSA) is 126 Å². The number of anilines is 1. The average Bonchev–Trinajstić information content (AvgIpc) is 2.90. The lowest BCUT2D eigenvalue weighted by Crippen LogP contribution is -2.55. The second kappa shape index (κ2) is 10.3. The first-order valence-corrected chi connectivity index (χ1v) is 10.8. The summed E-state index contributed by atoms with van der Waals surface area (Å²) < 4.78 is 92.7. The largest absolute Gasteiger partial charge is 0.466 e. The van der Waals surface area contributed by atoms with E-state index in [9.17, 15) is 46.3 Å². The Hall–Kier alpha value is -4.51. The van der Waals surface area contributed by atoms with Crippen LogP contribution in [0.25, 0.3) is 0 Å². The molecule has 0 spiro atoms. The summed E-state index contributed by atoms with van der Waals surface area (Å²) in [6.45, 7) is 0. The number of aliphatic hydroxyl groups is 1. The molecule has 0 aromatic heterocycles. The van der Waals surface area contributed by atoms with Gasteiger partial charge in [0.05, 0.1) is 43.0 Å². The Morgan fingerprint density at radius 2 is 1.44 bits per heavy atom. The highest BCUT2D eigenvalue weighted by molar-refractivity contribution is 6.06. The Morgan fingerprint density at radius 1 is 0.923 bits per heavy atom. The molecule has 3 N–H and O–H groups in total. The Morgan fingerprint density at radius 3 is 1.92 bits per heavy atom. The lowest BCUT2D eigenvalue weighted by molar-refractivity contribution is -0.376. The third-order valence-electron chi connectivity index (χ3n) is 5.97. The van der Waals surface area contributed by atoms with E-state index >= 15 is 0 Å². The molecule has 0 saturated carbocycles. The Labute approximate surface area is 217 Å². The highest BCUT2D eigenvalue weighted by atomic mass is 19.4. The van der Waals surface area contributed by atoms with Crippen molar-refractivity contribution in [2.75, 3.05) is 19.1 Å². The van der Waals surface area contributed by atoms with Crippen LogP contribution in [0.3, 0.4) is 0 Å². The number of ether oxygens (including phenoxy) is 2. The molecule has 14 heteroatoms. The van der Waals surface area contributed by atoms with Gasteiger partial charge in [-0.15, -0.1) is 0 Å². The van der Waals surface area contributed by atoms with Crippen LogP contribution in [0.4, 0.5) is 32.0 Å². The Bertz CT molecular complexity index is 1380. The monoisotopic (exact) mass is 555 g/mol. The average molecular weight is 555 g/mol. The molecule has 8 nitrogen and oxygen atoms in total. The van der Waals surface area contributed by atoms with Gasteiger partial charge in [0, 0.05) is 5.56 Å². The standard InChI is InChI=1S/C25H19F6N3O5/c1-38-21(35)18-17(13-8-4-3-5-9-13)14(12-32)20(33)34(19(18)22(36)39-2)16-11-7-6-10-15(16)23(37,24(26,27)28)25(29,30)31/h3-11,17,37H,33H2,1-2H3. The van der Waals surface area contributed by atoms with Crippen LogP contribution in [0.5, 0.6) is 0 Å². The second-order valence-electron chi connectivity index (χ2n) is 8.06. The maximum Gasteiger partial charge on any atom is 0.430 e. The van der Waals surface area contributed by atoms with Crippen molar-refractivity contribution in [1.29, 1.82) is 5.26 Å². The van der Waals surface area contributed by atoms with Gasteiger partial charge in [-0.25, -0.2) is 9.59 Å². The van der Waals surface area contributed by atoms with Crippen LogP contribution in [-0.4, -0.2) is 43.6 Å². The summed E-state index contributed by atoms with van der Waals surface area (Å²) in [7, 11) is 1.75. The van der Waals surface area contributed by atoms with Gasteiger partial charge < -0.3 is 20.3 Å². The molecule has 1 heterocycles. The summed E-state index contributed by atoms with van der Waals surface area (Å²) >= 11 is 0. The number of allylic oxidation sites excluding steroid dienone is 1. The van der Waals surface area contributed by atoms with Gasteiger partial charge in [0.25, 0.3) is 5.60 Å². The van der Waals surface area contributed by atoms with Crippen molar-refractivity contribution >= 4 is 17.6 Å². The highest BCUT2D eigenvalue weighted by Crippen LogP contribution is 2.54. The van der Waals surface area contributed by atoms with E-state index < -0.39 is 69.7 Å². The van der Waals surface area contributed by atoms with Crippen molar-refractivity contribution in [1.82, 2.24) is 0 Å². The van der Waals surface area contributed by atoms with Crippen LogP contribution >= 0.6 is 0 Å². The molecule has 1 aliphatic heterocycles. The molecule has 0 bridgehead atoms. The van der Waals surface area contributed by atoms with Gasteiger partial charge in [-0.3, -0.25) is 4.90 Å². The number of hydrogen-bond acceptors (Lipinski definition) is 8. The summed E-state index contributed by atoms with van der Waals surface area (Å²) in [5.74, 6) is -4.88. The van der Waals surface area contributed by atoms with Crippen molar-refractivity contribution in [3.8, 4) is 6.07 Å². The number of alkyl halides is 6. The molecule has 0 radical (unpaired) electrons. The minimum Gasteiger partial charge on any atom is -0.466 e. The van der Waals surface area contributed by atoms with Gasteiger partial charge >= 0.3 is 24.3 Å². The normalized spacial score (nSPS) is 16.6. The molecule has 0 amide bonds. The summed E-state index contributed by atoms with van der Waals surface area (Å²) in [4.78, 5) is 26.4. The molecule has 2 aromatic rings. The molecule has 0 aliphatic carbocycles. The van der Waals surface area contributed by atoms with Gasteiger partial charge in [-0.2, -0.15) is 31.6 Å². The van der Waals surface area contributed by atoms with Gasteiger partial charge in [-0.1, -0.05) is 48.5 Å². The highest BCUT2D eigenvalue weighted by Gasteiger charge is 2.72. The van der Waals surface area contributed by atoms with E-state index in [0.29, 0.717) is 17.0 Å². The van der Waals surface area contributed by atoms with Crippen LogP contribution in [0.1, 0.15) is 17.0 Å².